The summed E-state index contributed by atoms with van der Waals surface area (Å²) >= 11 is 1.16. The van der Waals surface area contributed by atoms with E-state index in [1.807, 2.05) is 0 Å². The van der Waals surface area contributed by atoms with Crippen molar-refractivity contribution in [2.45, 2.75) is 105 Å². The van der Waals surface area contributed by atoms with Crippen LogP contribution in [0, 0.1) is 5.92 Å². The summed E-state index contributed by atoms with van der Waals surface area (Å²) in [5.74, 6) is -2.39. The number of hydrogen-bond acceptors (Lipinski definition) is 12. The summed E-state index contributed by atoms with van der Waals surface area (Å²) in [6.07, 6.45) is 3.35. The fraction of sp³-hybridized carbons (Fsp3) is 0.636. The minimum absolute atomic E-state index is 0.0172. The van der Waals surface area contributed by atoms with Crippen molar-refractivity contribution in [2.24, 2.45) is 15.9 Å². The molecule has 0 radical (unpaired) electrons. The summed E-state index contributed by atoms with van der Waals surface area (Å²) in [4.78, 5) is 83.5. The van der Waals surface area contributed by atoms with Gasteiger partial charge in [-0.15, -0.1) is 0 Å². The first-order valence-electron chi connectivity index (χ1n) is 16.2. The number of carbonyl (C=O) groups excluding carboxylic acids is 6. The number of carbonyl (C=O) groups is 6. The highest BCUT2D eigenvalue weighted by Gasteiger charge is 2.30. The number of thioether (sulfide) groups is 1. The van der Waals surface area contributed by atoms with E-state index in [4.69, 9.17) is 14.2 Å². The van der Waals surface area contributed by atoms with Crippen molar-refractivity contribution in [1.82, 2.24) is 16.0 Å². The van der Waals surface area contributed by atoms with Gasteiger partial charge in [-0.05, 0) is 52.2 Å². The summed E-state index contributed by atoms with van der Waals surface area (Å²) in [5.41, 5.74) is -0.779. The van der Waals surface area contributed by atoms with Crippen LogP contribution in [0.15, 0.2) is 33.9 Å². The predicted octanol–water partition coefficient (Wildman–Crippen LogP) is 3.93. The van der Waals surface area contributed by atoms with Crippen LogP contribution >= 0.6 is 11.8 Å². The zero-order valence-electron chi connectivity index (χ0n) is 30.4. The maximum absolute atomic E-state index is 13.4. The van der Waals surface area contributed by atoms with E-state index in [9.17, 15) is 28.8 Å². The first-order chi connectivity index (χ1) is 22.7. The van der Waals surface area contributed by atoms with Gasteiger partial charge in [0.2, 0.25) is 0 Å². The number of allylic oxidation sites excluding steroid dienone is 2. The van der Waals surface area contributed by atoms with Crippen LogP contribution in [0.25, 0.3) is 0 Å². The monoisotopic (exact) mass is 723 g/mol. The van der Waals surface area contributed by atoms with Gasteiger partial charge in [0.05, 0.1) is 26.1 Å². The van der Waals surface area contributed by atoms with Gasteiger partial charge in [-0.25, -0.2) is 14.6 Å². The molecular formula is C33H53N5O9SSi. The molecule has 14 nitrogen and oxygen atoms in total. The molecule has 0 aromatic heterocycles. The number of alkyl carbamates (subject to hydrolysis) is 1. The second-order valence-electron chi connectivity index (χ2n) is 13.8. The van der Waals surface area contributed by atoms with E-state index < -0.39 is 61.6 Å². The van der Waals surface area contributed by atoms with Crippen molar-refractivity contribution in [3.05, 3.63) is 23.9 Å². The van der Waals surface area contributed by atoms with Gasteiger partial charge in [0.15, 0.2) is 5.12 Å². The van der Waals surface area contributed by atoms with Gasteiger partial charge in [-0.3, -0.25) is 24.2 Å². The molecule has 274 valence electrons. The number of aliphatic imine (C=N–C) groups is 2. The zero-order chi connectivity index (χ0) is 37.4. The van der Waals surface area contributed by atoms with Crippen LogP contribution in [-0.2, 0) is 38.2 Å². The Morgan fingerprint density at radius 3 is 2.33 bits per heavy atom. The van der Waals surface area contributed by atoms with E-state index >= 15 is 0 Å². The average molecular weight is 724 g/mol. The molecule has 0 saturated carbocycles. The Kier molecular flexibility index (Phi) is 18.2. The summed E-state index contributed by atoms with van der Waals surface area (Å²) in [5, 5.41) is 7.62. The first-order valence-corrected chi connectivity index (χ1v) is 20.9. The highest BCUT2D eigenvalue weighted by molar-refractivity contribution is 8.13. The Bertz CT molecular complexity index is 1330. The molecule has 0 spiro atoms. The molecule has 3 N–H and O–H groups in total. The average Bonchev–Trinajstić information content (AvgIpc) is 3.44. The Labute approximate surface area is 294 Å². The number of nitrogens with one attached hydrogen (secondary N) is 3. The van der Waals surface area contributed by atoms with E-state index in [0.29, 0.717) is 12.2 Å². The number of ether oxygens (including phenoxy) is 3. The van der Waals surface area contributed by atoms with Crippen molar-refractivity contribution in [2.75, 3.05) is 25.4 Å². The molecule has 0 unspecified atom stereocenters. The molecule has 0 aromatic carbocycles. The number of hydrogen-bond donors (Lipinski definition) is 3. The van der Waals surface area contributed by atoms with Crippen molar-refractivity contribution in [1.29, 1.82) is 0 Å². The molecule has 0 bridgehead atoms. The van der Waals surface area contributed by atoms with Crippen LogP contribution in [0.5, 0.6) is 0 Å². The zero-order valence-corrected chi connectivity index (χ0v) is 32.2. The van der Waals surface area contributed by atoms with E-state index in [1.54, 1.807) is 53.7 Å². The summed E-state index contributed by atoms with van der Waals surface area (Å²) < 4.78 is 16.3. The second kappa shape index (κ2) is 20.7. The molecule has 3 amide bonds. The molecule has 2 atom stereocenters. The van der Waals surface area contributed by atoms with Crippen LogP contribution in [0.4, 0.5) is 4.79 Å². The maximum atomic E-state index is 13.4. The number of amidine groups is 1. The van der Waals surface area contributed by atoms with Crippen LogP contribution < -0.4 is 16.0 Å². The van der Waals surface area contributed by atoms with Crippen molar-refractivity contribution in [3.63, 3.8) is 0 Å². The molecule has 49 heavy (non-hydrogen) atoms. The van der Waals surface area contributed by atoms with Gasteiger partial charge >= 0.3 is 18.0 Å². The summed E-state index contributed by atoms with van der Waals surface area (Å²) in [6, 6.07) is -0.330. The number of esters is 2. The summed E-state index contributed by atoms with van der Waals surface area (Å²) in [6.45, 7) is 18.3. The van der Waals surface area contributed by atoms with Crippen LogP contribution in [0.3, 0.4) is 0 Å². The lowest BCUT2D eigenvalue weighted by atomic mass is 10.0. The van der Waals surface area contributed by atoms with E-state index in [0.717, 1.165) is 17.8 Å². The van der Waals surface area contributed by atoms with Crippen molar-refractivity contribution >= 4 is 66.3 Å². The van der Waals surface area contributed by atoms with Crippen LogP contribution in [0.2, 0.25) is 25.7 Å². The Hall–Kier alpha value is -3.79. The van der Waals surface area contributed by atoms with Crippen LogP contribution in [-0.4, -0.2) is 97.8 Å². The highest BCUT2D eigenvalue weighted by Crippen LogP contribution is 2.14. The van der Waals surface area contributed by atoms with Gasteiger partial charge in [0.25, 0.3) is 11.8 Å². The molecule has 0 aromatic rings. The normalized spacial score (nSPS) is 14.8. The minimum atomic E-state index is -1.43. The number of nitrogens with zero attached hydrogens (tertiary/aromatic N) is 2. The van der Waals surface area contributed by atoms with Crippen molar-refractivity contribution in [3.8, 4) is 0 Å². The van der Waals surface area contributed by atoms with E-state index in [1.165, 1.54) is 13.0 Å². The van der Waals surface area contributed by atoms with Gasteiger partial charge in [0.1, 0.15) is 35.0 Å². The Morgan fingerprint density at radius 2 is 1.76 bits per heavy atom. The highest BCUT2D eigenvalue weighted by atomic mass is 32.2. The lowest BCUT2D eigenvalue weighted by Crippen LogP contribution is -2.49. The molecular weight excluding hydrogens is 671 g/mol. The third-order valence-corrected chi connectivity index (χ3v) is 8.96. The fourth-order valence-electron chi connectivity index (χ4n) is 3.83. The number of rotatable bonds is 18. The largest absolute Gasteiger partial charge is 0.466 e. The second-order valence-corrected chi connectivity index (χ2v) is 20.7. The fourth-order valence-corrected chi connectivity index (χ4v) is 5.09. The smallest absolute Gasteiger partial charge is 0.408 e. The molecule has 16 heteroatoms. The topological polar surface area (TPSA) is 191 Å². The van der Waals surface area contributed by atoms with Gasteiger partial charge < -0.3 is 30.2 Å². The third-order valence-electron chi connectivity index (χ3n) is 6.41. The van der Waals surface area contributed by atoms with Gasteiger partial charge in [-0.2, -0.15) is 0 Å². The quantitative estimate of drug-likeness (QED) is 0.0466. The predicted molar refractivity (Wildman–Crippen MR) is 193 cm³/mol. The van der Waals surface area contributed by atoms with Gasteiger partial charge in [0, 0.05) is 20.8 Å². The van der Waals surface area contributed by atoms with Gasteiger partial charge in [-0.1, -0.05) is 57.4 Å². The summed E-state index contributed by atoms with van der Waals surface area (Å²) in [7, 11) is -1.43. The third kappa shape index (κ3) is 19.1. The van der Waals surface area contributed by atoms with Crippen LogP contribution in [0.1, 0.15) is 61.3 Å². The van der Waals surface area contributed by atoms with E-state index in [2.05, 4.69) is 45.6 Å². The first kappa shape index (κ1) is 43.2. The standard InChI is InChI=1S/C33H53N5O9SSi/c1-11-24(37-30(42)25-19-34-26(36-25)20-35-32(44)47-33(5,6)7)29(41)38-28(21(2)3)31(43)46-23(14-12-13-16-48-22(4)39)18-27(40)45-15-17-49(8,9)10/h11-12,14,21,23,28H,13,15-20H2,1-10H3,(H,35,44)(H,37,42)(H,38,41)/b14-12+,24-11-/t23-,28+/m1/s1. The maximum Gasteiger partial charge on any atom is 0.408 e. The molecule has 1 rings (SSSR count). The molecule has 0 fully saturated rings. The lowest BCUT2D eigenvalue weighted by molar-refractivity contribution is -0.156. The molecule has 0 saturated heterocycles. The van der Waals surface area contributed by atoms with Crippen molar-refractivity contribution < 1.29 is 43.0 Å². The Balaban J connectivity index is 2.90. The number of amides is 3. The molecule has 1 aliphatic rings. The van der Waals surface area contributed by atoms with E-state index in [-0.39, 0.29) is 48.5 Å². The minimum Gasteiger partial charge on any atom is -0.466 e. The Morgan fingerprint density at radius 1 is 1.08 bits per heavy atom. The molecule has 1 aliphatic heterocycles. The lowest BCUT2D eigenvalue weighted by Gasteiger charge is -2.24. The SMILES string of the molecule is C/C=C(\NC(=O)C1=NC(CNC(=O)OC(C)(C)C)=NC1)C(=O)N[C@H](C(=O)O[C@H](/C=C/CCSC(C)=O)CC(=O)OCC[Si](C)(C)C)C(C)C. The molecule has 0 aliphatic carbocycles. The molecule has 1 heterocycles.